The molecule has 0 unspecified atom stereocenters. The van der Waals surface area contributed by atoms with Gasteiger partial charge in [-0.2, -0.15) is 0 Å². The van der Waals surface area contributed by atoms with Crippen molar-refractivity contribution in [2.75, 3.05) is 6.26 Å². The van der Waals surface area contributed by atoms with E-state index in [0.29, 0.717) is 10.6 Å². The van der Waals surface area contributed by atoms with Crippen molar-refractivity contribution >= 4 is 27.4 Å². The summed E-state index contributed by atoms with van der Waals surface area (Å²) in [6.07, 6.45) is 2.56. The van der Waals surface area contributed by atoms with Crippen molar-refractivity contribution < 1.29 is 18.3 Å². The number of rotatable bonds is 4. The Bertz CT molecular complexity index is 603. The van der Waals surface area contributed by atoms with Crippen LogP contribution in [0.3, 0.4) is 0 Å². The van der Waals surface area contributed by atoms with Crippen LogP contribution in [0.1, 0.15) is 24.8 Å². The summed E-state index contributed by atoms with van der Waals surface area (Å²) in [6.45, 7) is 0. The third-order valence-corrected chi connectivity index (χ3v) is 4.72. The molecule has 1 aromatic carbocycles. The third-order valence-electron chi connectivity index (χ3n) is 3.28. The summed E-state index contributed by atoms with van der Waals surface area (Å²) in [6, 6.07) is 4.47. The van der Waals surface area contributed by atoms with Crippen LogP contribution in [0, 0.1) is 0 Å². The second kappa shape index (κ2) is 4.24. The number of carboxylic acids is 1. The van der Waals surface area contributed by atoms with Crippen LogP contribution in [0.25, 0.3) is 0 Å². The average Bonchev–Trinajstić information content (AvgIpc) is 2.96. The topological polar surface area (TPSA) is 71.4 Å². The van der Waals surface area contributed by atoms with E-state index in [4.69, 9.17) is 16.7 Å². The van der Waals surface area contributed by atoms with Gasteiger partial charge in [0.2, 0.25) is 0 Å². The quantitative estimate of drug-likeness (QED) is 0.922. The fourth-order valence-corrected chi connectivity index (χ4v) is 3.09. The lowest BCUT2D eigenvalue weighted by molar-refractivity contribution is -0.137. The van der Waals surface area contributed by atoms with Gasteiger partial charge in [-0.1, -0.05) is 11.6 Å². The summed E-state index contributed by atoms with van der Waals surface area (Å²) in [5.74, 6) is -0.895. The highest BCUT2D eigenvalue weighted by Crippen LogP contribution is 2.53. The lowest BCUT2D eigenvalue weighted by atomic mass is 9.92. The molecule has 1 aliphatic carbocycles. The molecule has 18 heavy (non-hydrogen) atoms. The second-order valence-corrected chi connectivity index (χ2v) is 7.19. The molecule has 0 amide bonds. The molecule has 1 fully saturated rings. The predicted molar refractivity (Wildman–Crippen MR) is 67.7 cm³/mol. The Morgan fingerprint density at radius 1 is 1.44 bits per heavy atom. The molecule has 0 aromatic heterocycles. The Morgan fingerprint density at radius 3 is 2.50 bits per heavy atom. The van der Waals surface area contributed by atoms with Crippen molar-refractivity contribution in [3.05, 3.63) is 28.8 Å². The highest BCUT2D eigenvalue weighted by molar-refractivity contribution is 7.90. The summed E-state index contributed by atoms with van der Waals surface area (Å²) in [7, 11) is -3.31. The first kappa shape index (κ1) is 13.4. The zero-order valence-electron chi connectivity index (χ0n) is 9.81. The van der Waals surface area contributed by atoms with Crippen molar-refractivity contribution in [3.63, 3.8) is 0 Å². The van der Waals surface area contributed by atoms with E-state index >= 15 is 0 Å². The minimum Gasteiger partial charge on any atom is -0.481 e. The molecule has 0 spiro atoms. The largest absolute Gasteiger partial charge is 0.481 e. The van der Waals surface area contributed by atoms with Gasteiger partial charge in [-0.25, -0.2) is 8.42 Å². The fraction of sp³-hybridized carbons (Fsp3) is 0.417. The molecule has 0 heterocycles. The van der Waals surface area contributed by atoms with Crippen LogP contribution < -0.4 is 0 Å². The van der Waals surface area contributed by atoms with E-state index < -0.39 is 21.2 Å². The summed E-state index contributed by atoms with van der Waals surface area (Å²) in [5, 5.41) is 9.34. The fourth-order valence-electron chi connectivity index (χ4n) is 2.12. The normalized spacial score (nSPS) is 17.4. The highest BCUT2D eigenvalue weighted by Gasteiger charge is 2.47. The van der Waals surface area contributed by atoms with Crippen molar-refractivity contribution in [2.24, 2.45) is 0 Å². The molecular formula is C12H13ClO4S. The zero-order chi connectivity index (χ0) is 13.6. The van der Waals surface area contributed by atoms with E-state index in [0.717, 1.165) is 19.1 Å². The Hall–Kier alpha value is -1.07. The number of halogens is 1. The van der Waals surface area contributed by atoms with Crippen molar-refractivity contribution in [2.45, 2.75) is 29.6 Å². The number of carboxylic acid groups (broad SMARTS) is 1. The lowest BCUT2D eigenvalue weighted by Crippen LogP contribution is -2.14. The molecule has 0 radical (unpaired) electrons. The van der Waals surface area contributed by atoms with Gasteiger partial charge in [-0.15, -0.1) is 0 Å². The molecule has 0 aliphatic heterocycles. The monoisotopic (exact) mass is 288 g/mol. The molecular weight excluding hydrogens is 276 g/mol. The van der Waals surface area contributed by atoms with E-state index in [1.807, 2.05) is 0 Å². The maximum absolute atomic E-state index is 11.5. The maximum Gasteiger partial charge on any atom is 0.304 e. The first-order chi connectivity index (χ1) is 8.24. The first-order valence-electron chi connectivity index (χ1n) is 5.46. The molecule has 1 aliphatic rings. The standard InChI is InChI=1S/C12H13ClO4S/c1-18(16,17)8-2-3-10(13)9(6-8)12(4-5-12)7-11(14)15/h2-3,6H,4-5,7H2,1H3,(H,14,15). The van der Waals surface area contributed by atoms with Crippen LogP contribution in [0.4, 0.5) is 0 Å². The second-order valence-electron chi connectivity index (χ2n) is 4.76. The molecule has 98 valence electrons. The van der Waals surface area contributed by atoms with Gasteiger partial charge in [0, 0.05) is 16.7 Å². The van der Waals surface area contributed by atoms with Crippen LogP contribution >= 0.6 is 11.6 Å². The Labute approximate surface area is 110 Å². The number of aliphatic carboxylic acids is 1. The third kappa shape index (κ3) is 2.52. The van der Waals surface area contributed by atoms with Gasteiger partial charge >= 0.3 is 5.97 Å². The van der Waals surface area contributed by atoms with E-state index in [1.54, 1.807) is 0 Å². The zero-order valence-corrected chi connectivity index (χ0v) is 11.4. The van der Waals surface area contributed by atoms with Crippen LogP contribution in [0.15, 0.2) is 23.1 Å². The van der Waals surface area contributed by atoms with Crippen LogP contribution in [0.2, 0.25) is 5.02 Å². The van der Waals surface area contributed by atoms with E-state index in [2.05, 4.69) is 0 Å². The van der Waals surface area contributed by atoms with Gasteiger partial charge in [0.15, 0.2) is 9.84 Å². The van der Waals surface area contributed by atoms with Crippen molar-refractivity contribution in [3.8, 4) is 0 Å². The molecule has 4 nitrogen and oxygen atoms in total. The van der Waals surface area contributed by atoms with Crippen molar-refractivity contribution in [1.82, 2.24) is 0 Å². The number of sulfone groups is 1. The number of carbonyl (C=O) groups is 1. The predicted octanol–water partition coefficient (Wildman–Crippen LogP) is 2.25. The molecule has 0 saturated heterocycles. The average molecular weight is 289 g/mol. The molecule has 1 saturated carbocycles. The van der Waals surface area contributed by atoms with Gasteiger partial charge in [-0.05, 0) is 36.6 Å². The van der Waals surface area contributed by atoms with Crippen LogP contribution in [-0.4, -0.2) is 25.7 Å². The Kier molecular flexibility index (Phi) is 3.15. The van der Waals surface area contributed by atoms with Gasteiger partial charge < -0.3 is 5.11 Å². The highest BCUT2D eigenvalue weighted by atomic mass is 35.5. The number of hydrogen-bond acceptors (Lipinski definition) is 3. The molecule has 1 aromatic rings. The Morgan fingerprint density at radius 2 is 2.06 bits per heavy atom. The summed E-state index contributed by atoms with van der Waals surface area (Å²) < 4.78 is 23.0. The van der Waals surface area contributed by atoms with Crippen LogP contribution in [-0.2, 0) is 20.0 Å². The van der Waals surface area contributed by atoms with E-state index in [1.165, 1.54) is 18.2 Å². The summed E-state index contributed by atoms with van der Waals surface area (Å²) in [5.41, 5.74) is 0.151. The van der Waals surface area contributed by atoms with E-state index in [-0.39, 0.29) is 11.3 Å². The van der Waals surface area contributed by atoms with Gasteiger partial charge in [-0.3, -0.25) is 4.79 Å². The van der Waals surface area contributed by atoms with E-state index in [9.17, 15) is 13.2 Å². The molecule has 2 rings (SSSR count). The smallest absolute Gasteiger partial charge is 0.304 e. The van der Waals surface area contributed by atoms with Gasteiger partial charge in [0.1, 0.15) is 0 Å². The van der Waals surface area contributed by atoms with Gasteiger partial charge in [0.05, 0.1) is 11.3 Å². The van der Waals surface area contributed by atoms with Crippen molar-refractivity contribution in [1.29, 1.82) is 0 Å². The number of benzene rings is 1. The Balaban J connectivity index is 2.48. The van der Waals surface area contributed by atoms with Crippen LogP contribution in [0.5, 0.6) is 0 Å². The molecule has 1 N–H and O–H groups in total. The minimum absolute atomic E-state index is 0.0140. The summed E-state index contributed by atoms with van der Waals surface area (Å²) >= 11 is 6.07. The lowest BCUT2D eigenvalue weighted by Gasteiger charge is -2.16. The number of hydrogen-bond donors (Lipinski definition) is 1. The minimum atomic E-state index is -3.31. The molecule has 0 bridgehead atoms. The van der Waals surface area contributed by atoms with Gasteiger partial charge in [0.25, 0.3) is 0 Å². The first-order valence-corrected chi connectivity index (χ1v) is 7.73. The SMILES string of the molecule is CS(=O)(=O)c1ccc(Cl)c(C2(CC(=O)O)CC2)c1. The summed E-state index contributed by atoms with van der Waals surface area (Å²) in [4.78, 5) is 11.0. The maximum atomic E-state index is 11.5. The molecule has 6 heteroatoms. The molecule has 0 atom stereocenters.